The molecule has 1 atom stereocenters. The van der Waals surface area contributed by atoms with Gasteiger partial charge >= 0.3 is 17.8 Å². The van der Waals surface area contributed by atoms with E-state index in [0.717, 1.165) is 25.2 Å². The lowest BCUT2D eigenvalue weighted by Gasteiger charge is -2.20. The number of carbonyl (C=O) groups excluding carboxylic acids is 1. The van der Waals surface area contributed by atoms with Gasteiger partial charge in [0, 0.05) is 13.1 Å². The second-order valence-electron chi connectivity index (χ2n) is 7.03. The Morgan fingerprint density at radius 3 is 2.23 bits per heavy atom. The summed E-state index contributed by atoms with van der Waals surface area (Å²) in [4.78, 5) is 36.2. The number of nitrogens with zero attached hydrogens (tertiary/aromatic N) is 3. The van der Waals surface area contributed by atoms with Gasteiger partial charge in [0.25, 0.3) is 5.91 Å². The SMILES string of the molecule is C[C@H](Oc1cc(-n2nc(C(=O)O)n(C)c2=O)c(F)cc1C(=O)Nc1c(F)cccc1F)C(F)(F)F. The minimum absolute atomic E-state index is 0.238. The lowest BCUT2D eigenvalue weighted by molar-refractivity contribution is -0.189. The molecule has 1 amide bonds. The summed E-state index contributed by atoms with van der Waals surface area (Å²) >= 11 is 0. The van der Waals surface area contributed by atoms with Crippen LogP contribution in [0.3, 0.4) is 0 Å². The third-order valence-corrected chi connectivity index (χ3v) is 4.66. The summed E-state index contributed by atoms with van der Waals surface area (Å²) in [7, 11) is 1.00. The van der Waals surface area contributed by atoms with Crippen LogP contribution in [0, 0.1) is 17.5 Å². The highest BCUT2D eigenvalue weighted by atomic mass is 19.4. The van der Waals surface area contributed by atoms with Gasteiger partial charge in [-0.1, -0.05) is 6.07 Å². The molecule has 0 radical (unpaired) electrons. The molecule has 1 heterocycles. The molecular formula is C20H14F6N4O5. The minimum atomic E-state index is -4.95. The van der Waals surface area contributed by atoms with Crippen LogP contribution in [0.1, 0.15) is 27.9 Å². The van der Waals surface area contributed by atoms with Crippen LogP contribution in [0.5, 0.6) is 5.75 Å². The van der Waals surface area contributed by atoms with E-state index in [0.29, 0.717) is 23.6 Å². The zero-order valence-corrected chi connectivity index (χ0v) is 17.7. The van der Waals surface area contributed by atoms with Gasteiger partial charge in [-0.3, -0.25) is 9.36 Å². The third kappa shape index (κ3) is 4.97. The van der Waals surface area contributed by atoms with Crippen molar-refractivity contribution < 1.29 is 45.8 Å². The van der Waals surface area contributed by atoms with E-state index in [1.165, 1.54) is 0 Å². The number of carbonyl (C=O) groups is 2. The highest BCUT2D eigenvalue weighted by Crippen LogP contribution is 2.31. The fraction of sp³-hybridized carbons (Fsp3) is 0.200. The second kappa shape index (κ2) is 9.15. The number of amides is 1. The summed E-state index contributed by atoms with van der Waals surface area (Å²) in [6.45, 7) is 0.566. The van der Waals surface area contributed by atoms with Crippen molar-refractivity contribution in [2.24, 2.45) is 7.05 Å². The zero-order valence-electron chi connectivity index (χ0n) is 17.7. The molecule has 3 rings (SSSR count). The quantitative estimate of drug-likeness (QED) is 0.498. The first-order chi connectivity index (χ1) is 16.2. The third-order valence-electron chi connectivity index (χ3n) is 4.66. The van der Waals surface area contributed by atoms with Gasteiger partial charge in [-0.25, -0.2) is 22.8 Å². The number of nitrogens with one attached hydrogen (secondary N) is 1. The Labute approximate surface area is 191 Å². The molecule has 2 N–H and O–H groups in total. The summed E-state index contributed by atoms with van der Waals surface area (Å²) in [5, 5.41) is 14.3. The van der Waals surface area contributed by atoms with Crippen LogP contribution >= 0.6 is 0 Å². The zero-order chi connectivity index (χ0) is 26.2. The van der Waals surface area contributed by atoms with E-state index in [-0.39, 0.29) is 4.68 Å². The maximum atomic E-state index is 14.9. The summed E-state index contributed by atoms with van der Waals surface area (Å²) in [5.41, 5.74) is -3.89. The number of carboxylic acids is 1. The van der Waals surface area contributed by atoms with E-state index in [1.54, 1.807) is 5.32 Å². The molecule has 35 heavy (non-hydrogen) atoms. The highest BCUT2D eigenvalue weighted by Gasteiger charge is 2.39. The van der Waals surface area contributed by atoms with Crippen molar-refractivity contribution in [3.05, 3.63) is 69.7 Å². The molecule has 0 aliphatic heterocycles. The molecule has 0 aliphatic carbocycles. The Bertz CT molecular complexity index is 1360. The number of hydrogen-bond donors (Lipinski definition) is 2. The molecule has 0 fully saturated rings. The molecule has 15 heteroatoms. The van der Waals surface area contributed by atoms with E-state index >= 15 is 0 Å². The number of alkyl halides is 3. The van der Waals surface area contributed by atoms with Crippen molar-refractivity contribution in [2.45, 2.75) is 19.2 Å². The number of hydrogen-bond acceptors (Lipinski definition) is 5. The maximum absolute atomic E-state index is 14.9. The lowest BCUT2D eigenvalue weighted by atomic mass is 10.1. The highest BCUT2D eigenvalue weighted by molar-refractivity contribution is 6.06. The molecular weight excluding hydrogens is 490 g/mol. The van der Waals surface area contributed by atoms with E-state index in [2.05, 4.69) is 5.10 Å². The Kier molecular flexibility index (Phi) is 6.62. The van der Waals surface area contributed by atoms with E-state index in [9.17, 15) is 40.7 Å². The predicted molar refractivity (Wildman–Crippen MR) is 106 cm³/mol. The number of para-hydroxylation sites is 1. The fourth-order valence-electron chi connectivity index (χ4n) is 2.82. The van der Waals surface area contributed by atoms with Crippen molar-refractivity contribution in [1.29, 1.82) is 0 Å². The number of halogens is 6. The average molecular weight is 504 g/mol. The topological polar surface area (TPSA) is 115 Å². The first kappa shape index (κ1) is 25.3. The summed E-state index contributed by atoms with van der Waals surface area (Å²) in [6.07, 6.45) is -7.49. The van der Waals surface area contributed by atoms with E-state index in [1.807, 2.05) is 0 Å². The van der Waals surface area contributed by atoms with Crippen molar-refractivity contribution in [3.8, 4) is 11.4 Å². The number of ether oxygens (including phenoxy) is 1. The molecule has 0 aliphatic rings. The van der Waals surface area contributed by atoms with Crippen LogP contribution in [0.2, 0.25) is 0 Å². The molecule has 9 nitrogen and oxygen atoms in total. The number of benzene rings is 2. The predicted octanol–water partition coefficient (Wildman–Crippen LogP) is 3.27. The molecule has 3 aromatic rings. The van der Waals surface area contributed by atoms with E-state index in [4.69, 9.17) is 9.84 Å². The Morgan fingerprint density at radius 2 is 1.71 bits per heavy atom. The van der Waals surface area contributed by atoms with Crippen molar-refractivity contribution in [1.82, 2.24) is 14.3 Å². The number of aromatic nitrogens is 3. The molecule has 0 saturated carbocycles. The Balaban J connectivity index is 2.17. The monoisotopic (exact) mass is 504 g/mol. The Hall–Kier alpha value is -4.30. The molecule has 0 unspecified atom stereocenters. The number of rotatable bonds is 6. The summed E-state index contributed by atoms with van der Waals surface area (Å²) < 4.78 is 87.5. The lowest BCUT2D eigenvalue weighted by Crippen LogP contribution is -2.32. The van der Waals surface area contributed by atoms with Gasteiger partial charge in [-0.05, 0) is 25.1 Å². The number of aromatic carboxylic acids is 1. The Morgan fingerprint density at radius 1 is 1.11 bits per heavy atom. The van der Waals surface area contributed by atoms with Crippen LogP contribution in [0.25, 0.3) is 5.69 Å². The fourth-order valence-corrected chi connectivity index (χ4v) is 2.82. The largest absolute Gasteiger partial charge is 0.480 e. The summed E-state index contributed by atoms with van der Waals surface area (Å²) in [6, 6.07) is 3.43. The molecule has 2 aromatic carbocycles. The van der Waals surface area contributed by atoms with Gasteiger partial charge in [0.05, 0.1) is 5.56 Å². The molecule has 0 saturated heterocycles. The molecule has 0 bridgehead atoms. The summed E-state index contributed by atoms with van der Waals surface area (Å²) in [5.74, 6) is -8.71. The number of carboxylic acid groups (broad SMARTS) is 1. The van der Waals surface area contributed by atoms with Gasteiger partial charge in [-0.2, -0.15) is 17.9 Å². The van der Waals surface area contributed by atoms with Crippen LogP contribution in [-0.2, 0) is 7.05 Å². The standard InChI is InChI=1S/C20H14F6N4O5/c1-8(20(24,25)26)35-14-7-13(30-19(34)29(2)16(28-30)18(32)33)12(23)6-9(14)17(31)27-15-10(21)4-3-5-11(15)22/h3-8H,1-2H3,(H,27,31)(H,32,33)/t8-/m0/s1. The molecule has 186 valence electrons. The van der Waals surface area contributed by atoms with Gasteiger partial charge in [0.15, 0.2) is 6.10 Å². The molecule has 0 spiro atoms. The van der Waals surface area contributed by atoms with Gasteiger partial charge in [0.1, 0.15) is 34.6 Å². The van der Waals surface area contributed by atoms with Crippen LogP contribution in [-0.4, -0.2) is 43.6 Å². The minimum Gasteiger partial charge on any atom is -0.480 e. The normalized spacial score (nSPS) is 12.3. The van der Waals surface area contributed by atoms with Crippen molar-refractivity contribution in [3.63, 3.8) is 0 Å². The average Bonchev–Trinajstić information content (AvgIpc) is 3.05. The first-order valence-corrected chi connectivity index (χ1v) is 9.44. The van der Waals surface area contributed by atoms with Crippen molar-refractivity contribution in [2.75, 3.05) is 5.32 Å². The van der Waals surface area contributed by atoms with Gasteiger partial charge in [-0.15, -0.1) is 5.10 Å². The van der Waals surface area contributed by atoms with Crippen LogP contribution in [0.15, 0.2) is 35.1 Å². The van der Waals surface area contributed by atoms with Crippen LogP contribution < -0.4 is 15.7 Å². The maximum Gasteiger partial charge on any atom is 0.425 e. The van der Waals surface area contributed by atoms with E-state index < -0.39 is 75.8 Å². The van der Waals surface area contributed by atoms with Gasteiger partial charge < -0.3 is 15.2 Å². The molecule has 1 aromatic heterocycles. The number of anilines is 1. The first-order valence-electron chi connectivity index (χ1n) is 9.44. The van der Waals surface area contributed by atoms with Crippen molar-refractivity contribution >= 4 is 17.6 Å². The van der Waals surface area contributed by atoms with Gasteiger partial charge in [0.2, 0.25) is 5.82 Å². The van der Waals surface area contributed by atoms with Crippen LogP contribution in [0.4, 0.5) is 32.0 Å². The second-order valence-corrected chi connectivity index (χ2v) is 7.03. The smallest absolute Gasteiger partial charge is 0.425 e.